The van der Waals surface area contributed by atoms with Crippen LogP contribution >= 0.6 is 12.4 Å². The summed E-state index contributed by atoms with van der Waals surface area (Å²) < 4.78 is 5.99. The fraction of sp³-hybridized carbons (Fsp3) is 0.304. The van der Waals surface area contributed by atoms with Crippen molar-refractivity contribution < 1.29 is 9.84 Å². The average molecular weight is 427 g/mol. The van der Waals surface area contributed by atoms with Crippen LogP contribution in [0.4, 0.5) is 0 Å². The van der Waals surface area contributed by atoms with Crippen LogP contribution in [0.25, 0.3) is 22.5 Å². The van der Waals surface area contributed by atoms with Gasteiger partial charge >= 0.3 is 0 Å². The summed E-state index contributed by atoms with van der Waals surface area (Å²) in [5.41, 5.74) is 10.1. The molecule has 158 valence electrons. The van der Waals surface area contributed by atoms with E-state index in [1.165, 1.54) is 0 Å². The van der Waals surface area contributed by atoms with E-state index in [1.54, 1.807) is 18.3 Å². The molecule has 2 heterocycles. The molecule has 3 aromatic rings. The van der Waals surface area contributed by atoms with Crippen LogP contribution in [-0.2, 0) is 6.54 Å². The maximum Gasteiger partial charge on any atom is 0.232 e. The summed E-state index contributed by atoms with van der Waals surface area (Å²) in [5.74, 6) is 1.28. The van der Waals surface area contributed by atoms with Crippen LogP contribution in [0.5, 0.6) is 11.6 Å². The van der Waals surface area contributed by atoms with Gasteiger partial charge in [-0.2, -0.15) is 0 Å². The largest absolute Gasteiger partial charge is 0.508 e. The highest BCUT2D eigenvalue weighted by Crippen LogP contribution is 2.31. The van der Waals surface area contributed by atoms with E-state index >= 15 is 0 Å². The third-order valence-electron chi connectivity index (χ3n) is 5.28. The third-order valence-corrected chi connectivity index (χ3v) is 5.28. The lowest BCUT2D eigenvalue weighted by atomic mass is 9.99. The molecule has 4 rings (SSSR count). The molecule has 0 spiro atoms. The summed E-state index contributed by atoms with van der Waals surface area (Å²) in [6, 6.07) is 15.0. The van der Waals surface area contributed by atoms with Gasteiger partial charge in [0.05, 0.1) is 18.5 Å². The van der Waals surface area contributed by atoms with Gasteiger partial charge in [-0.15, -0.1) is 12.4 Å². The Labute approximate surface area is 182 Å². The predicted octanol–water partition coefficient (Wildman–Crippen LogP) is 3.78. The first-order valence-electron chi connectivity index (χ1n) is 10.0. The molecular weight excluding hydrogens is 400 g/mol. The van der Waals surface area contributed by atoms with Gasteiger partial charge in [0, 0.05) is 17.7 Å². The SMILES string of the molecule is Cl.NCc1ccc(-c2ncc(OCC3CCNCC3)nc2-c2ccc(O)cc2)cc1. The van der Waals surface area contributed by atoms with E-state index in [-0.39, 0.29) is 18.2 Å². The molecule has 0 bridgehead atoms. The first-order valence-corrected chi connectivity index (χ1v) is 10.0. The average Bonchev–Trinajstić information content (AvgIpc) is 2.79. The number of nitrogens with zero attached hydrogens (tertiary/aromatic N) is 2. The molecule has 1 aromatic heterocycles. The van der Waals surface area contributed by atoms with E-state index in [4.69, 9.17) is 15.5 Å². The maximum atomic E-state index is 9.65. The van der Waals surface area contributed by atoms with Gasteiger partial charge in [0.1, 0.15) is 11.4 Å². The number of phenolic OH excluding ortho intramolecular Hbond substituents is 1. The second-order valence-corrected chi connectivity index (χ2v) is 7.36. The van der Waals surface area contributed by atoms with Crippen LogP contribution in [0.2, 0.25) is 0 Å². The summed E-state index contributed by atoms with van der Waals surface area (Å²) in [6.45, 7) is 3.22. The van der Waals surface area contributed by atoms with Gasteiger partial charge in [-0.1, -0.05) is 24.3 Å². The van der Waals surface area contributed by atoms with Crippen LogP contribution in [-0.4, -0.2) is 34.8 Å². The number of piperidine rings is 1. The van der Waals surface area contributed by atoms with Crippen LogP contribution < -0.4 is 15.8 Å². The number of hydrogen-bond donors (Lipinski definition) is 3. The van der Waals surface area contributed by atoms with E-state index in [9.17, 15) is 5.11 Å². The zero-order valence-corrected chi connectivity index (χ0v) is 17.6. The second-order valence-electron chi connectivity index (χ2n) is 7.36. The minimum atomic E-state index is 0. The molecule has 0 unspecified atom stereocenters. The fourth-order valence-corrected chi connectivity index (χ4v) is 3.52. The lowest BCUT2D eigenvalue weighted by Gasteiger charge is -2.22. The molecule has 0 amide bonds. The zero-order chi connectivity index (χ0) is 20.1. The van der Waals surface area contributed by atoms with Crippen molar-refractivity contribution in [2.45, 2.75) is 19.4 Å². The number of nitrogens with two attached hydrogens (primary N) is 1. The summed E-state index contributed by atoms with van der Waals surface area (Å²) in [4.78, 5) is 9.44. The lowest BCUT2D eigenvalue weighted by Crippen LogP contribution is -2.30. The summed E-state index contributed by atoms with van der Waals surface area (Å²) in [6.07, 6.45) is 3.92. The second kappa shape index (κ2) is 10.4. The van der Waals surface area contributed by atoms with Gasteiger partial charge in [0.2, 0.25) is 5.88 Å². The van der Waals surface area contributed by atoms with Crippen molar-refractivity contribution >= 4 is 12.4 Å². The molecule has 0 atom stereocenters. The molecular formula is C23H27ClN4O2. The number of ether oxygens (including phenoxy) is 1. The van der Waals surface area contributed by atoms with Gasteiger partial charge in [-0.05, 0) is 61.7 Å². The third kappa shape index (κ3) is 5.27. The summed E-state index contributed by atoms with van der Waals surface area (Å²) in [5, 5.41) is 13.0. The van der Waals surface area contributed by atoms with Crippen molar-refractivity contribution in [3.8, 4) is 34.1 Å². The Morgan fingerprint density at radius 1 is 0.967 bits per heavy atom. The maximum absolute atomic E-state index is 9.65. The van der Waals surface area contributed by atoms with Gasteiger partial charge in [0.25, 0.3) is 0 Å². The smallest absolute Gasteiger partial charge is 0.232 e. The van der Waals surface area contributed by atoms with Crippen molar-refractivity contribution in [1.82, 2.24) is 15.3 Å². The standard InChI is InChI=1S/C23H26N4O2.ClH/c24-13-16-1-3-18(4-2-16)22-23(19-5-7-20(28)8-6-19)27-21(14-26-22)29-15-17-9-11-25-12-10-17;/h1-8,14,17,25,28H,9-13,15,24H2;1H. The van der Waals surface area contributed by atoms with Crippen molar-refractivity contribution in [3.63, 3.8) is 0 Å². The Kier molecular flexibility index (Phi) is 7.63. The summed E-state index contributed by atoms with van der Waals surface area (Å²) in [7, 11) is 0. The molecule has 1 fully saturated rings. The van der Waals surface area contributed by atoms with Crippen LogP contribution in [0, 0.1) is 5.92 Å². The van der Waals surface area contributed by atoms with Gasteiger partial charge in [0.15, 0.2) is 0 Å². The zero-order valence-electron chi connectivity index (χ0n) is 16.8. The Hall–Kier alpha value is -2.67. The highest BCUT2D eigenvalue weighted by Gasteiger charge is 2.16. The lowest BCUT2D eigenvalue weighted by molar-refractivity contribution is 0.208. The topological polar surface area (TPSA) is 93.3 Å². The molecule has 30 heavy (non-hydrogen) atoms. The van der Waals surface area contributed by atoms with Gasteiger partial charge in [-0.3, -0.25) is 0 Å². The minimum Gasteiger partial charge on any atom is -0.508 e. The predicted molar refractivity (Wildman–Crippen MR) is 121 cm³/mol. The van der Waals surface area contributed by atoms with Crippen LogP contribution in [0.3, 0.4) is 0 Å². The number of aromatic hydroxyl groups is 1. The molecule has 4 N–H and O–H groups in total. The van der Waals surface area contributed by atoms with Crippen LogP contribution in [0.1, 0.15) is 18.4 Å². The van der Waals surface area contributed by atoms with Crippen molar-refractivity contribution in [2.75, 3.05) is 19.7 Å². The van der Waals surface area contributed by atoms with E-state index in [2.05, 4.69) is 10.3 Å². The van der Waals surface area contributed by atoms with Crippen molar-refractivity contribution in [3.05, 3.63) is 60.3 Å². The van der Waals surface area contributed by atoms with Crippen molar-refractivity contribution in [2.24, 2.45) is 11.7 Å². The molecule has 7 heteroatoms. The minimum absolute atomic E-state index is 0. The number of nitrogens with one attached hydrogen (secondary N) is 1. The quantitative estimate of drug-likeness (QED) is 0.555. The highest BCUT2D eigenvalue weighted by molar-refractivity contribution is 5.85. The molecule has 1 aliphatic heterocycles. The molecule has 1 saturated heterocycles. The number of hydrogen-bond acceptors (Lipinski definition) is 6. The number of aromatic nitrogens is 2. The summed E-state index contributed by atoms with van der Waals surface area (Å²) >= 11 is 0. The van der Waals surface area contributed by atoms with E-state index < -0.39 is 0 Å². The normalized spacial score (nSPS) is 14.2. The van der Waals surface area contributed by atoms with E-state index in [1.807, 2.05) is 36.4 Å². The highest BCUT2D eigenvalue weighted by atomic mass is 35.5. The van der Waals surface area contributed by atoms with Crippen LogP contribution in [0.15, 0.2) is 54.7 Å². The Morgan fingerprint density at radius 3 is 2.27 bits per heavy atom. The molecule has 0 aliphatic carbocycles. The van der Waals surface area contributed by atoms with E-state index in [0.29, 0.717) is 24.9 Å². The number of benzene rings is 2. The Morgan fingerprint density at radius 2 is 1.60 bits per heavy atom. The molecule has 0 saturated carbocycles. The van der Waals surface area contributed by atoms with Gasteiger partial charge < -0.3 is 20.9 Å². The Bertz CT molecular complexity index is 942. The Balaban J connectivity index is 0.00000256. The van der Waals surface area contributed by atoms with Crippen molar-refractivity contribution in [1.29, 1.82) is 0 Å². The first kappa shape index (κ1) is 22.0. The number of rotatable bonds is 6. The number of phenols is 1. The molecule has 0 radical (unpaired) electrons. The first-order chi connectivity index (χ1) is 14.2. The van der Waals surface area contributed by atoms with Gasteiger partial charge in [-0.25, -0.2) is 9.97 Å². The molecule has 6 nitrogen and oxygen atoms in total. The fourth-order valence-electron chi connectivity index (χ4n) is 3.52. The molecule has 1 aliphatic rings. The molecule has 2 aromatic carbocycles. The monoisotopic (exact) mass is 426 g/mol. The number of halogens is 1. The van der Waals surface area contributed by atoms with E-state index in [0.717, 1.165) is 54.0 Å².